The molecule has 0 aromatic rings. The minimum atomic E-state index is 0.00375. The second kappa shape index (κ2) is 7.30. The van der Waals surface area contributed by atoms with Gasteiger partial charge in [-0.25, -0.2) is 0 Å². The van der Waals surface area contributed by atoms with E-state index in [0.29, 0.717) is 13.1 Å². The molecule has 17 heavy (non-hydrogen) atoms. The zero-order valence-corrected chi connectivity index (χ0v) is 10.9. The van der Waals surface area contributed by atoms with Crippen molar-refractivity contribution in [2.24, 2.45) is 11.8 Å². The highest BCUT2D eigenvalue weighted by molar-refractivity contribution is 5.79. The van der Waals surface area contributed by atoms with Gasteiger partial charge >= 0.3 is 0 Å². The first-order chi connectivity index (χ1) is 8.11. The van der Waals surface area contributed by atoms with E-state index in [1.54, 1.807) is 0 Å². The van der Waals surface area contributed by atoms with Crippen molar-refractivity contribution in [1.82, 2.24) is 10.6 Å². The van der Waals surface area contributed by atoms with Crippen molar-refractivity contribution in [2.75, 3.05) is 13.1 Å². The first kappa shape index (κ1) is 14.0. The monoisotopic (exact) mass is 240 g/mol. The van der Waals surface area contributed by atoms with Crippen LogP contribution in [0.5, 0.6) is 0 Å². The molecule has 0 saturated heterocycles. The maximum Gasteiger partial charge on any atom is 0.223 e. The number of hydrogen-bond acceptors (Lipinski definition) is 2. The van der Waals surface area contributed by atoms with Crippen LogP contribution in [-0.4, -0.2) is 24.9 Å². The van der Waals surface area contributed by atoms with Crippen LogP contribution < -0.4 is 10.6 Å². The van der Waals surface area contributed by atoms with Crippen LogP contribution in [0.3, 0.4) is 0 Å². The van der Waals surface area contributed by atoms with Crippen LogP contribution in [0.15, 0.2) is 0 Å². The highest BCUT2D eigenvalue weighted by Crippen LogP contribution is 2.23. The summed E-state index contributed by atoms with van der Waals surface area (Å²) in [5.41, 5.74) is 0. The third-order valence-corrected chi connectivity index (χ3v) is 3.22. The van der Waals surface area contributed by atoms with Gasteiger partial charge in [0.15, 0.2) is 0 Å². The molecule has 1 rings (SSSR count). The number of rotatable bonds is 5. The molecule has 1 aliphatic rings. The molecule has 0 heterocycles. The van der Waals surface area contributed by atoms with Crippen LogP contribution in [0.1, 0.15) is 46.0 Å². The van der Waals surface area contributed by atoms with Gasteiger partial charge in [0.25, 0.3) is 0 Å². The van der Waals surface area contributed by atoms with Gasteiger partial charge in [-0.15, -0.1) is 0 Å². The van der Waals surface area contributed by atoms with Crippen molar-refractivity contribution in [3.8, 4) is 0 Å². The maximum atomic E-state index is 11.8. The summed E-state index contributed by atoms with van der Waals surface area (Å²) in [6.45, 7) is 4.77. The fraction of sp³-hybridized carbons (Fsp3) is 0.846. The number of amides is 2. The molecular weight excluding hydrogens is 216 g/mol. The lowest BCUT2D eigenvalue weighted by Gasteiger charge is -2.20. The molecule has 0 radical (unpaired) electrons. The third-order valence-electron chi connectivity index (χ3n) is 3.22. The Morgan fingerprint density at radius 1 is 1.06 bits per heavy atom. The summed E-state index contributed by atoms with van der Waals surface area (Å²) >= 11 is 0. The van der Waals surface area contributed by atoms with Crippen LogP contribution in [0, 0.1) is 11.8 Å². The molecule has 4 heteroatoms. The summed E-state index contributed by atoms with van der Waals surface area (Å²) in [5, 5.41) is 5.68. The topological polar surface area (TPSA) is 58.2 Å². The Balaban J connectivity index is 2.09. The van der Waals surface area contributed by atoms with E-state index in [-0.39, 0.29) is 23.7 Å². The van der Waals surface area contributed by atoms with Gasteiger partial charge in [0.2, 0.25) is 11.8 Å². The van der Waals surface area contributed by atoms with Gasteiger partial charge in [0.05, 0.1) is 0 Å². The Kier molecular flexibility index (Phi) is 6.01. The zero-order chi connectivity index (χ0) is 12.7. The summed E-state index contributed by atoms with van der Waals surface area (Å²) in [5.74, 6) is 0.397. The van der Waals surface area contributed by atoms with Crippen molar-refractivity contribution < 1.29 is 9.59 Å². The van der Waals surface area contributed by atoms with Crippen LogP contribution in [0.25, 0.3) is 0 Å². The average Bonchev–Trinajstić information content (AvgIpc) is 2.35. The standard InChI is InChI=1S/C13H24N2O2/c1-10(2)12(16)14-8-9-15-13(17)11-6-4-3-5-7-11/h10-11H,3-9H2,1-2H3,(H,14,16)(H,15,17). The first-order valence-corrected chi connectivity index (χ1v) is 6.66. The SMILES string of the molecule is CC(C)C(=O)NCCNC(=O)C1CCCCC1. The molecule has 1 saturated carbocycles. The third kappa shape index (κ3) is 5.20. The molecule has 0 bridgehead atoms. The van der Waals surface area contributed by atoms with E-state index in [2.05, 4.69) is 10.6 Å². The van der Waals surface area contributed by atoms with E-state index in [1.165, 1.54) is 19.3 Å². The molecule has 98 valence electrons. The summed E-state index contributed by atoms with van der Waals surface area (Å²) in [7, 11) is 0. The maximum absolute atomic E-state index is 11.8. The first-order valence-electron chi connectivity index (χ1n) is 6.66. The molecular formula is C13H24N2O2. The normalized spacial score (nSPS) is 16.9. The van der Waals surface area contributed by atoms with E-state index in [0.717, 1.165) is 12.8 Å². The van der Waals surface area contributed by atoms with Gasteiger partial charge in [-0.05, 0) is 12.8 Å². The van der Waals surface area contributed by atoms with E-state index < -0.39 is 0 Å². The number of carbonyl (C=O) groups excluding carboxylic acids is 2. The lowest BCUT2D eigenvalue weighted by atomic mass is 9.89. The smallest absolute Gasteiger partial charge is 0.223 e. The van der Waals surface area contributed by atoms with Gasteiger partial charge in [0.1, 0.15) is 0 Å². The summed E-state index contributed by atoms with van der Waals surface area (Å²) < 4.78 is 0. The lowest BCUT2D eigenvalue weighted by molar-refractivity contribution is -0.127. The van der Waals surface area contributed by atoms with Crippen molar-refractivity contribution in [2.45, 2.75) is 46.0 Å². The summed E-state index contributed by atoms with van der Waals surface area (Å²) in [6.07, 6.45) is 5.63. The average molecular weight is 240 g/mol. The molecule has 2 N–H and O–H groups in total. The Hall–Kier alpha value is -1.06. The predicted octanol–water partition coefficient (Wildman–Crippen LogP) is 1.46. The Bertz CT molecular complexity index is 258. The molecule has 2 amide bonds. The highest BCUT2D eigenvalue weighted by atomic mass is 16.2. The molecule has 0 aromatic carbocycles. The Labute approximate surface area is 104 Å². The molecule has 0 aromatic heterocycles. The van der Waals surface area contributed by atoms with E-state index in [9.17, 15) is 9.59 Å². The van der Waals surface area contributed by atoms with E-state index in [1.807, 2.05) is 13.8 Å². The fourth-order valence-corrected chi connectivity index (χ4v) is 2.08. The van der Waals surface area contributed by atoms with E-state index >= 15 is 0 Å². The minimum absolute atomic E-state index is 0.00375. The predicted molar refractivity (Wildman–Crippen MR) is 67.4 cm³/mol. The molecule has 1 fully saturated rings. The molecule has 4 nitrogen and oxygen atoms in total. The van der Waals surface area contributed by atoms with Crippen LogP contribution in [0.4, 0.5) is 0 Å². The van der Waals surface area contributed by atoms with Crippen molar-refractivity contribution in [1.29, 1.82) is 0 Å². The zero-order valence-electron chi connectivity index (χ0n) is 10.9. The quantitative estimate of drug-likeness (QED) is 0.715. The van der Waals surface area contributed by atoms with E-state index in [4.69, 9.17) is 0 Å². The van der Waals surface area contributed by atoms with Crippen molar-refractivity contribution >= 4 is 11.8 Å². The van der Waals surface area contributed by atoms with Gasteiger partial charge < -0.3 is 10.6 Å². The Morgan fingerprint density at radius 3 is 2.24 bits per heavy atom. The van der Waals surface area contributed by atoms with Crippen molar-refractivity contribution in [3.63, 3.8) is 0 Å². The van der Waals surface area contributed by atoms with Gasteiger partial charge in [-0.2, -0.15) is 0 Å². The molecule has 0 spiro atoms. The van der Waals surface area contributed by atoms with Crippen molar-refractivity contribution in [3.05, 3.63) is 0 Å². The Morgan fingerprint density at radius 2 is 1.65 bits per heavy atom. The summed E-state index contributed by atoms with van der Waals surface area (Å²) in [6, 6.07) is 0. The number of carbonyl (C=O) groups is 2. The molecule has 1 aliphatic carbocycles. The van der Waals surface area contributed by atoms with Crippen LogP contribution in [-0.2, 0) is 9.59 Å². The summed E-state index contributed by atoms with van der Waals surface area (Å²) in [4.78, 5) is 23.0. The molecule has 0 unspecified atom stereocenters. The van der Waals surface area contributed by atoms with Crippen LogP contribution >= 0.6 is 0 Å². The fourth-order valence-electron chi connectivity index (χ4n) is 2.08. The van der Waals surface area contributed by atoms with Gasteiger partial charge in [0, 0.05) is 24.9 Å². The highest BCUT2D eigenvalue weighted by Gasteiger charge is 2.20. The second-order valence-electron chi connectivity index (χ2n) is 5.07. The second-order valence-corrected chi connectivity index (χ2v) is 5.07. The van der Waals surface area contributed by atoms with Gasteiger partial charge in [-0.1, -0.05) is 33.1 Å². The lowest BCUT2D eigenvalue weighted by Crippen LogP contribution is -2.39. The minimum Gasteiger partial charge on any atom is -0.354 e. The largest absolute Gasteiger partial charge is 0.354 e. The van der Waals surface area contributed by atoms with Crippen LogP contribution in [0.2, 0.25) is 0 Å². The number of hydrogen-bond donors (Lipinski definition) is 2. The number of nitrogens with one attached hydrogen (secondary N) is 2. The molecule has 0 aliphatic heterocycles. The van der Waals surface area contributed by atoms with Gasteiger partial charge in [-0.3, -0.25) is 9.59 Å². The molecule has 0 atom stereocenters.